The first-order valence-electron chi connectivity index (χ1n) is 27.3. The Bertz CT molecular complexity index is 1420. The van der Waals surface area contributed by atoms with E-state index in [0.717, 1.165) is 89.9 Å². The van der Waals surface area contributed by atoms with Crippen LogP contribution in [0.4, 0.5) is 0 Å². The fraction of sp³-hybridized carbons (Fsp3) is 0.724. The lowest BCUT2D eigenvalue weighted by Crippen LogP contribution is -2.37. The van der Waals surface area contributed by atoms with Crippen molar-refractivity contribution in [3.8, 4) is 0 Å². The van der Waals surface area contributed by atoms with Crippen LogP contribution in [0.3, 0.4) is 0 Å². The molecule has 0 aromatic rings. The molecule has 0 rings (SSSR count). The van der Waals surface area contributed by atoms with Gasteiger partial charge in [-0.15, -0.1) is 0 Å². The molecule has 0 spiro atoms. The summed E-state index contributed by atoms with van der Waals surface area (Å²) >= 11 is 0. The number of rotatable bonds is 49. The highest BCUT2D eigenvalue weighted by molar-refractivity contribution is 7.47. The molecule has 0 aliphatic rings. The largest absolute Gasteiger partial charge is 0.472 e. The predicted octanol–water partition coefficient (Wildman–Crippen LogP) is 16.7. The van der Waals surface area contributed by atoms with Crippen molar-refractivity contribution in [3.63, 3.8) is 0 Å². The second-order valence-corrected chi connectivity index (χ2v) is 20.7. The third-order valence-corrected chi connectivity index (χ3v) is 12.4. The van der Waals surface area contributed by atoms with E-state index in [-0.39, 0.29) is 32.0 Å². The lowest BCUT2D eigenvalue weighted by molar-refractivity contribution is -0.870. The minimum Gasteiger partial charge on any atom is -0.462 e. The Morgan fingerprint density at radius 3 is 1.25 bits per heavy atom. The number of phosphoric ester groups is 1. The summed E-state index contributed by atoms with van der Waals surface area (Å²) in [5.41, 5.74) is 0. The molecule has 392 valence electrons. The summed E-state index contributed by atoms with van der Waals surface area (Å²) in [4.78, 5) is 35.5. The Balaban J connectivity index is 4.10. The SMILES string of the molecule is CC/C=C\C/C=C\C/C=C\C/C=C\C/C=C\C/C=C\C/C=C\CCCCCCCCCCCCCC(=O)OC(COC(=O)CCCCCCCCCCCCC)COP(=O)(O)OCC[N+](C)(C)C. The van der Waals surface area contributed by atoms with E-state index in [1.165, 1.54) is 96.3 Å². The summed E-state index contributed by atoms with van der Waals surface area (Å²) in [6.07, 6.45) is 65.1. The summed E-state index contributed by atoms with van der Waals surface area (Å²) in [5.74, 6) is -0.802. The van der Waals surface area contributed by atoms with Crippen LogP contribution in [-0.4, -0.2) is 74.9 Å². The maximum absolute atomic E-state index is 12.8. The van der Waals surface area contributed by atoms with Crippen LogP contribution in [0.25, 0.3) is 0 Å². The molecular weight excluding hydrogens is 870 g/mol. The van der Waals surface area contributed by atoms with Gasteiger partial charge < -0.3 is 18.9 Å². The van der Waals surface area contributed by atoms with Crippen molar-refractivity contribution in [2.75, 3.05) is 47.5 Å². The highest BCUT2D eigenvalue weighted by atomic mass is 31.2. The quantitative estimate of drug-likeness (QED) is 0.0211. The molecule has 2 unspecified atom stereocenters. The number of hydrogen-bond donors (Lipinski definition) is 1. The van der Waals surface area contributed by atoms with E-state index in [2.05, 4.69) is 98.9 Å². The molecule has 0 aliphatic heterocycles. The number of allylic oxidation sites excluding steroid dienone is 14. The molecule has 0 saturated heterocycles. The van der Waals surface area contributed by atoms with Crippen molar-refractivity contribution in [2.45, 2.75) is 225 Å². The van der Waals surface area contributed by atoms with Gasteiger partial charge in [0.2, 0.25) is 0 Å². The fourth-order valence-corrected chi connectivity index (χ4v) is 7.97. The lowest BCUT2D eigenvalue weighted by atomic mass is 10.0. The average molecular weight is 973 g/mol. The van der Waals surface area contributed by atoms with Crippen LogP contribution in [0.1, 0.15) is 219 Å². The zero-order valence-corrected chi connectivity index (χ0v) is 45.2. The third kappa shape index (κ3) is 52.6. The van der Waals surface area contributed by atoms with Gasteiger partial charge in [-0.05, 0) is 70.6 Å². The number of esters is 2. The van der Waals surface area contributed by atoms with Gasteiger partial charge in [0.05, 0.1) is 27.7 Å². The van der Waals surface area contributed by atoms with E-state index in [9.17, 15) is 19.0 Å². The first-order chi connectivity index (χ1) is 33.0. The molecule has 9 nitrogen and oxygen atoms in total. The lowest BCUT2D eigenvalue weighted by Gasteiger charge is -2.24. The molecule has 0 bridgehead atoms. The van der Waals surface area contributed by atoms with E-state index in [0.29, 0.717) is 17.4 Å². The number of nitrogens with zero attached hydrogens (tertiary/aromatic N) is 1. The van der Waals surface area contributed by atoms with Gasteiger partial charge in [-0.3, -0.25) is 18.6 Å². The first-order valence-corrected chi connectivity index (χ1v) is 28.8. The molecule has 1 N–H and O–H groups in total. The van der Waals surface area contributed by atoms with E-state index in [1.54, 1.807) is 0 Å². The number of carbonyl (C=O) groups is 2. The zero-order chi connectivity index (χ0) is 49.9. The molecule has 0 aromatic heterocycles. The van der Waals surface area contributed by atoms with E-state index < -0.39 is 26.5 Å². The molecule has 68 heavy (non-hydrogen) atoms. The number of unbranched alkanes of at least 4 members (excludes halogenated alkanes) is 21. The normalized spacial score (nSPS) is 14.0. The highest BCUT2D eigenvalue weighted by Gasteiger charge is 2.27. The highest BCUT2D eigenvalue weighted by Crippen LogP contribution is 2.43. The molecule has 0 amide bonds. The predicted molar refractivity (Wildman–Crippen MR) is 289 cm³/mol. The van der Waals surface area contributed by atoms with Crippen LogP contribution >= 0.6 is 7.82 Å². The van der Waals surface area contributed by atoms with Crippen LogP contribution in [0.15, 0.2) is 85.1 Å². The van der Waals surface area contributed by atoms with Gasteiger partial charge in [0, 0.05) is 12.8 Å². The van der Waals surface area contributed by atoms with Gasteiger partial charge in [-0.25, -0.2) is 4.57 Å². The minimum atomic E-state index is -4.38. The summed E-state index contributed by atoms with van der Waals surface area (Å²) < 4.78 is 34.4. The molecule has 2 atom stereocenters. The maximum Gasteiger partial charge on any atom is 0.472 e. The van der Waals surface area contributed by atoms with Gasteiger partial charge in [0.25, 0.3) is 0 Å². The molecule has 0 aromatic carbocycles. The van der Waals surface area contributed by atoms with Crippen LogP contribution in [0.5, 0.6) is 0 Å². The van der Waals surface area contributed by atoms with Gasteiger partial charge >= 0.3 is 19.8 Å². The third-order valence-electron chi connectivity index (χ3n) is 11.4. The Morgan fingerprint density at radius 2 is 0.838 bits per heavy atom. The average Bonchev–Trinajstić information content (AvgIpc) is 3.30. The van der Waals surface area contributed by atoms with Crippen LogP contribution in [0.2, 0.25) is 0 Å². The van der Waals surface area contributed by atoms with E-state index in [1.807, 2.05) is 21.1 Å². The summed E-state index contributed by atoms with van der Waals surface area (Å²) in [5, 5.41) is 0. The first kappa shape index (κ1) is 65.2. The maximum atomic E-state index is 12.8. The molecule has 0 aliphatic carbocycles. The smallest absolute Gasteiger partial charge is 0.462 e. The summed E-state index contributed by atoms with van der Waals surface area (Å²) in [7, 11) is 1.47. The van der Waals surface area contributed by atoms with Crippen molar-refractivity contribution in [1.29, 1.82) is 0 Å². The minimum absolute atomic E-state index is 0.0292. The van der Waals surface area contributed by atoms with Crippen molar-refractivity contribution in [3.05, 3.63) is 85.1 Å². The number of likely N-dealkylation sites (N-methyl/N-ethyl adjacent to an activating group) is 1. The van der Waals surface area contributed by atoms with Crippen molar-refractivity contribution >= 4 is 19.8 Å². The van der Waals surface area contributed by atoms with E-state index >= 15 is 0 Å². The van der Waals surface area contributed by atoms with Gasteiger partial charge in [0.15, 0.2) is 6.10 Å². The molecule has 0 radical (unpaired) electrons. The van der Waals surface area contributed by atoms with E-state index in [4.69, 9.17) is 18.5 Å². The summed E-state index contributed by atoms with van der Waals surface area (Å²) in [6, 6.07) is 0. The molecule has 0 fully saturated rings. The zero-order valence-electron chi connectivity index (χ0n) is 44.3. The molecule has 0 heterocycles. The molecule has 0 saturated carbocycles. The number of hydrogen-bond acceptors (Lipinski definition) is 7. The van der Waals surface area contributed by atoms with Crippen LogP contribution in [-0.2, 0) is 32.7 Å². The van der Waals surface area contributed by atoms with Gasteiger partial charge in [-0.2, -0.15) is 0 Å². The topological polar surface area (TPSA) is 108 Å². The monoisotopic (exact) mass is 973 g/mol. The Morgan fingerprint density at radius 1 is 0.471 bits per heavy atom. The summed E-state index contributed by atoms with van der Waals surface area (Å²) in [6.45, 7) is 4.30. The number of ether oxygens (including phenoxy) is 2. The van der Waals surface area contributed by atoms with Gasteiger partial charge in [-0.1, -0.05) is 221 Å². The Labute approximate surface area is 418 Å². The van der Waals surface area contributed by atoms with Crippen molar-refractivity contribution in [2.24, 2.45) is 0 Å². The van der Waals surface area contributed by atoms with Gasteiger partial charge in [0.1, 0.15) is 19.8 Å². The second-order valence-electron chi connectivity index (χ2n) is 19.2. The van der Waals surface area contributed by atoms with Crippen molar-refractivity contribution < 1.29 is 42.1 Å². The Hall–Kier alpha value is -2.81. The standard InChI is InChI=1S/C58H102NO8P/c1-6-8-10-12-14-16-18-19-20-21-22-23-24-25-26-27-28-29-30-31-32-33-34-35-36-37-38-39-41-43-45-47-49-51-58(61)67-56(55-66-68(62,63)65-53-52-59(3,4)5)54-64-57(60)50-48-46-44-42-40-17-15-13-11-9-7-2/h8,10,14,16,19-20,22-23,25-26,28-29,31-32,56H,6-7,9,11-13,15,17-18,21,24,27,30,33-55H2,1-5H3/p+1/b10-8-,16-14-,20-19-,23-22-,26-25-,29-28-,32-31-. The Kier molecular flexibility index (Phi) is 47.2. The second kappa shape index (κ2) is 49.2. The molecular formula is C58H103NO8P+. The number of phosphoric acid groups is 1. The van der Waals surface area contributed by atoms with Crippen LogP contribution < -0.4 is 0 Å². The number of quaternary nitrogens is 1. The molecule has 10 heteroatoms. The number of carbonyl (C=O) groups excluding carboxylic acids is 2. The van der Waals surface area contributed by atoms with Crippen molar-refractivity contribution in [1.82, 2.24) is 0 Å². The van der Waals surface area contributed by atoms with Crippen LogP contribution in [0, 0.1) is 0 Å². The fourth-order valence-electron chi connectivity index (χ4n) is 7.23.